The van der Waals surface area contributed by atoms with Gasteiger partial charge in [-0.05, 0) is 39.3 Å². The Morgan fingerprint density at radius 3 is 2.50 bits per heavy atom. The van der Waals surface area contributed by atoms with Gasteiger partial charge in [0, 0.05) is 28.4 Å². The van der Waals surface area contributed by atoms with Crippen LogP contribution in [0.1, 0.15) is 33.9 Å². The molecule has 8 nitrogen and oxygen atoms in total. The van der Waals surface area contributed by atoms with E-state index < -0.39 is 0 Å². The van der Waals surface area contributed by atoms with Gasteiger partial charge in [-0.15, -0.1) is 10.2 Å². The fourth-order valence-corrected chi connectivity index (χ4v) is 5.01. The van der Waals surface area contributed by atoms with Crippen molar-refractivity contribution in [3.8, 4) is 5.95 Å². The number of nitrogens with one attached hydrogen (secondary N) is 1. The molecule has 0 aliphatic heterocycles. The summed E-state index contributed by atoms with van der Waals surface area (Å²) in [6.07, 6.45) is 0.189. The Labute approximate surface area is 194 Å². The lowest BCUT2D eigenvalue weighted by molar-refractivity contribution is -0.115. The van der Waals surface area contributed by atoms with Crippen molar-refractivity contribution in [2.75, 3.05) is 5.32 Å². The Hall–Kier alpha value is -3.11. The highest BCUT2D eigenvalue weighted by molar-refractivity contribution is 8.00. The summed E-state index contributed by atoms with van der Waals surface area (Å²) >= 11 is 2.97. The molecule has 3 aromatic heterocycles. The molecular formula is C22H23N7OS2. The molecule has 4 aromatic rings. The zero-order valence-electron chi connectivity index (χ0n) is 18.3. The van der Waals surface area contributed by atoms with Gasteiger partial charge in [0.2, 0.25) is 11.0 Å². The van der Waals surface area contributed by atoms with Gasteiger partial charge in [-0.3, -0.25) is 4.79 Å². The lowest BCUT2D eigenvalue weighted by Gasteiger charge is -2.06. The Bertz CT molecular complexity index is 1230. The first-order chi connectivity index (χ1) is 15.4. The maximum atomic E-state index is 12.7. The van der Waals surface area contributed by atoms with Crippen molar-refractivity contribution in [1.29, 1.82) is 0 Å². The second-order valence-corrected chi connectivity index (χ2v) is 9.58. The largest absolute Gasteiger partial charge is 0.300 e. The number of anilines is 1. The van der Waals surface area contributed by atoms with E-state index in [2.05, 4.69) is 42.7 Å². The molecule has 1 N–H and O–H groups in total. The van der Waals surface area contributed by atoms with Gasteiger partial charge in [0.05, 0.1) is 12.1 Å². The van der Waals surface area contributed by atoms with Gasteiger partial charge in [0.25, 0.3) is 5.95 Å². The molecule has 0 unspecified atom stereocenters. The molecule has 4 rings (SSSR count). The van der Waals surface area contributed by atoms with Gasteiger partial charge < -0.3 is 5.32 Å². The highest BCUT2D eigenvalue weighted by Gasteiger charge is 2.18. The molecule has 0 radical (unpaired) electrons. The molecule has 0 bridgehead atoms. The minimum absolute atomic E-state index is 0.159. The Balaban J connectivity index is 1.41. The zero-order valence-corrected chi connectivity index (χ0v) is 19.9. The molecule has 32 heavy (non-hydrogen) atoms. The average molecular weight is 466 g/mol. The maximum Gasteiger partial charge on any atom is 0.251 e. The third-order valence-corrected chi connectivity index (χ3v) is 6.84. The van der Waals surface area contributed by atoms with Crippen LogP contribution in [-0.2, 0) is 17.0 Å². The summed E-state index contributed by atoms with van der Waals surface area (Å²) in [6.45, 7) is 7.66. The van der Waals surface area contributed by atoms with Crippen LogP contribution in [0.4, 0.5) is 5.13 Å². The number of benzene rings is 1. The molecule has 10 heteroatoms. The van der Waals surface area contributed by atoms with Gasteiger partial charge in [-0.1, -0.05) is 53.4 Å². The van der Waals surface area contributed by atoms with E-state index >= 15 is 0 Å². The van der Waals surface area contributed by atoms with E-state index in [9.17, 15) is 4.79 Å². The van der Waals surface area contributed by atoms with Gasteiger partial charge in [-0.2, -0.15) is 5.10 Å². The second-order valence-electron chi connectivity index (χ2n) is 7.38. The molecule has 0 fully saturated rings. The van der Waals surface area contributed by atoms with Crippen LogP contribution < -0.4 is 5.32 Å². The summed E-state index contributed by atoms with van der Waals surface area (Å²) in [7, 11) is 0. The summed E-state index contributed by atoms with van der Waals surface area (Å²) in [5.74, 6) is 1.16. The molecule has 0 saturated carbocycles. The topological polar surface area (TPSA) is 98.5 Å². The van der Waals surface area contributed by atoms with Crippen LogP contribution in [0, 0.1) is 27.7 Å². The van der Waals surface area contributed by atoms with Gasteiger partial charge >= 0.3 is 0 Å². The van der Waals surface area contributed by atoms with E-state index in [1.807, 2.05) is 52.0 Å². The van der Waals surface area contributed by atoms with Crippen molar-refractivity contribution >= 4 is 34.1 Å². The van der Waals surface area contributed by atoms with Crippen molar-refractivity contribution in [2.24, 2.45) is 0 Å². The summed E-state index contributed by atoms with van der Waals surface area (Å²) in [5, 5.41) is 16.2. The standard InChI is InChI=1S/C22H23N7OS2/c1-13-10-14(2)24-20(23-13)29-16(4)18(15(3)28-29)11-19(30)25-21-26-27-22(32-21)31-12-17-8-6-5-7-9-17/h5-10H,11-12H2,1-4H3,(H,25,26,30). The van der Waals surface area contributed by atoms with E-state index in [1.165, 1.54) is 16.9 Å². The number of nitrogens with zero attached hydrogens (tertiary/aromatic N) is 6. The Morgan fingerprint density at radius 2 is 1.78 bits per heavy atom. The normalized spacial score (nSPS) is 11.0. The van der Waals surface area contributed by atoms with Crippen LogP contribution >= 0.6 is 23.1 Å². The first kappa shape index (κ1) is 22.1. The minimum atomic E-state index is -0.159. The number of rotatable bonds is 7. The van der Waals surface area contributed by atoms with Crippen LogP contribution in [-0.4, -0.2) is 35.9 Å². The molecule has 0 spiro atoms. The monoisotopic (exact) mass is 465 g/mol. The average Bonchev–Trinajstić information content (AvgIpc) is 3.31. The number of amides is 1. The summed E-state index contributed by atoms with van der Waals surface area (Å²) in [4.78, 5) is 21.6. The Kier molecular flexibility index (Phi) is 6.61. The second kappa shape index (κ2) is 9.58. The fraction of sp³-hybridized carbons (Fsp3) is 0.273. The van der Waals surface area contributed by atoms with E-state index in [0.29, 0.717) is 11.1 Å². The van der Waals surface area contributed by atoms with Gasteiger partial charge in [-0.25, -0.2) is 14.6 Å². The lowest BCUT2D eigenvalue weighted by Crippen LogP contribution is -2.15. The first-order valence-electron chi connectivity index (χ1n) is 10.1. The molecule has 0 aliphatic carbocycles. The zero-order chi connectivity index (χ0) is 22.7. The molecule has 164 valence electrons. The molecule has 1 aromatic carbocycles. The maximum absolute atomic E-state index is 12.7. The van der Waals surface area contributed by atoms with Crippen molar-refractivity contribution in [2.45, 2.75) is 44.2 Å². The Morgan fingerprint density at radius 1 is 1.06 bits per heavy atom. The van der Waals surface area contributed by atoms with Crippen molar-refractivity contribution in [1.82, 2.24) is 29.9 Å². The molecule has 3 heterocycles. The molecule has 0 saturated heterocycles. The van der Waals surface area contributed by atoms with Gasteiger partial charge in [0.1, 0.15) is 0 Å². The predicted molar refractivity (Wildman–Crippen MR) is 126 cm³/mol. The molecule has 0 aliphatic rings. The molecule has 0 atom stereocenters. The van der Waals surface area contributed by atoms with Crippen LogP contribution in [0.5, 0.6) is 0 Å². The predicted octanol–water partition coefficient (Wildman–Crippen LogP) is 4.22. The smallest absolute Gasteiger partial charge is 0.251 e. The number of aromatic nitrogens is 6. The van der Waals surface area contributed by atoms with E-state index in [1.54, 1.807) is 16.4 Å². The molecule has 1 amide bonds. The number of aryl methyl sites for hydroxylation is 3. The third kappa shape index (κ3) is 5.20. The number of carbonyl (C=O) groups excluding carboxylic acids is 1. The quantitative estimate of drug-likeness (QED) is 0.322. The fourth-order valence-electron chi connectivity index (χ4n) is 3.29. The van der Waals surface area contributed by atoms with Crippen LogP contribution in [0.3, 0.4) is 0 Å². The highest BCUT2D eigenvalue weighted by Crippen LogP contribution is 2.28. The number of carbonyl (C=O) groups is 1. The summed E-state index contributed by atoms with van der Waals surface area (Å²) < 4.78 is 2.51. The minimum Gasteiger partial charge on any atom is -0.300 e. The molecular weight excluding hydrogens is 442 g/mol. The lowest BCUT2D eigenvalue weighted by atomic mass is 10.1. The SMILES string of the molecule is Cc1cc(C)nc(-n2nc(C)c(CC(=O)Nc3nnc(SCc4ccccc4)s3)c2C)n1. The van der Waals surface area contributed by atoms with Crippen molar-refractivity contribution in [3.05, 3.63) is 70.3 Å². The summed E-state index contributed by atoms with van der Waals surface area (Å²) in [6, 6.07) is 12.1. The van der Waals surface area contributed by atoms with E-state index in [0.717, 1.165) is 38.4 Å². The van der Waals surface area contributed by atoms with E-state index in [-0.39, 0.29) is 12.3 Å². The van der Waals surface area contributed by atoms with Crippen molar-refractivity contribution < 1.29 is 4.79 Å². The first-order valence-corrected chi connectivity index (χ1v) is 11.9. The number of hydrogen-bond donors (Lipinski definition) is 1. The van der Waals surface area contributed by atoms with E-state index in [4.69, 9.17) is 0 Å². The summed E-state index contributed by atoms with van der Waals surface area (Å²) in [5.41, 5.74) is 5.44. The van der Waals surface area contributed by atoms with Crippen LogP contribution in [0.15, 0.2) is 40.7 Å². The third-order valence-electron chi connectivity index (χ3n) is 4.80. The van der Waals surface area contributed by atoms with Crippen molar-refractivity contribution in [3.63, 3.8) is 0 Å². The highest BCUT2D eigenvalue weighted by atomic mass is 32.2. The number of hydrogen-bond acceptors (Lipinski definition) is 8. The number of thioether (sulfide) groups is 1. The van der Waals surface area contributed by atoms with Crippen LogP contribution in [0.2, 0.25) is 0 Å². The van der Waals surface area contributed by atoms with Crippen LogP contribution in [0.25, 0.3) is 5.95 Å². The van der Waals surface area contributed by atoms with Gasteiger partial charge in [0.15, 0.2) is 4.34 Å².